The average Bonchev–Trinajstić information content (AvgIpc) is 3.00. The molecule has 2 saturated heterocycles. The molecule has 0 N–H and O–H groups in total. The van der Waals surface area contributed by atoms with Gasteiger partial charge in [0, 0.05) is 63.1 Å². The van der Waals surface area contributed by atoms with Crippen LogP contribution in [0.15, 0.2) is 12.3 Å². The molecule has 0 aromatic carbocycles. The van der Waals surface area contributed by atoms with Gasteiger partial charge in [0.1, 0.15) is 0 Å². The number of ether oxygens (including phenoxy) is 2. The Labute approximate surface area is 162 Å². The zero-order valence-corrected chi connectivity index (χ0v) is 17.2. The predicted molar refractivity (Wildman–Crippen MR) is 105 cm³/mol. The Hall–Kier alpha value is -1.66. The summed E-state index contributed by atoms with van der Waals surface area (Å²) in [5.41, 5.74) is 2.27. The van der Waals surface area contributed by atoms with Crippen LogP contribution < -0.4 is 4.74 Å². The van der Waals surface area contributed by atoms with E-state index < -0.39 is 0 Å². The molecule has 2 aliphatic rings. The fourth-order valence-electron chi connectivity index (χ4n) is 4.75. The molecule has 150 valence electrons. The van der Waals surface area contributed by atoms with E-state index in [1.165, 1.54) is 5.56 Å². The van der Waals surface area contributed by atoms with Crippen LogP contribution in [0.25, 0.3) is 0 Å². The van der Waals surface area contributed by atoms with Gasteiger partial charge in [-0.25, -0.2) is 4.98 Å². The first-order valence-corrected chi connectivity index (χ1v) is 10.1. The summed E-state index contributed by atoms with van der Waals surface area (Å²) in [6, 6.07) is 2.14. The number of nitrogens with zero attached hydrogens (tertiary/aromatic N) is 3. The van der Waals surface area contributed by atoms with E-state index in [9.17, 15) is 4.79 Å². The van der Waals surface area contributed by atoms with Crippen LogP contribution in [-0.2, 0) is 16.1 Å². The number of rotatable bonds is 6. The number of aromatic nitrogens is 1. The van der Waals surface area contributed by atoms with Crippen molar-refractivity contribution in [2.24, 2.45) is 11.3 Å². The van der Waals surface area contributed by atoms with E-state index in [-0.39, 0.29) is 11.3 Å². The minimum absolute atomic E-state index is 0.0485. The number of hydrogen-bond acceptors (Lipinski definition) is 5. The summed E-state index contributed by atoms with van der Waals surface area (Å²) in [6.45, 7) is 11.8. The zero-order valence-electron chi connectivity index (χ0n) is 17.2. The minimum Gasteiger partial charge on any atom is -0.481 e. The standard InChI is InChI=1S/C21H33N3O3/c1-5-24(6-2)20(25)18-14-23(15-21(18)7-9-27-10-8-21)13-17-11-16(3)19(26-4)22-12-17/h11-12,18H,5-10,13-15H2,1-4H3. The molecular formula is C21H33N3O3. The molecule has 1 aromatic heterocycles. The Morgan fingerprint density at radius 2 is 2.07 bits per heavy atom. The lowest BCUT2D eigenvalue weighted by atomic mass is 9.71. The summed E-state index contributed by atoms with van der Waals surface area (Å²) in [6.07, 6.45) is 3.84. The third-order valence-electron chi connectivity index (χ3n) is 6.27. The summed E-state index contributed by atoms with van der Waals surface area (Å²) in [4.78, 5) is 22.1. The molecule has 0 saturated carbocycles. The number of methoxy groups -OCH3 is 1. The van der Waals surface area contributed by atoms with Gasteiger partial charge in [-0.3, -0.25) is 9.69 Å². The first-order valence-electron chi connectivity index (χ1n) is 10.1. The minimum atomic E-state index is 0.0485. The molecular weight excluding hydrogens is 342 g/mol. The lowest BCUT2D eigenvalue weighted by molar-refractivity contribution is -0.140. The molecule has 0 radical (unpaired) electrons. The molecule has 3 heterocycles. The van der Waals surface area contributed by atoms with Crippen LogP contribution >= 0.6 is 0 Å². The van der Waals surface area contributed by atoms with Crippen molar-refractivity contribution in [2.75, 3.05) is 46.5 Å². The second-order valence-corrected chi connectivity index (χ2v) is 7.88. The number of aryl methyl sites for hydroxylation is 1. The van der Waals surface area contributed by atoms with Gasteiger partial charge in [0.2, 0.25) is 11.8 Å². The van der Waals surface area contributed by atoms with Gasteiger partial charge in [0.25, 0.3) is 0 Å². The normalized spacial score (nSPS) is 22.1. The number of hydrogen-bond donors (Lipinski definition) is 0. The highest BCUT2D eigenvalue weighted by Gasteiger charge is 2.51. The van der Waals surface area contributed by atoms with Crippen molar-refractivity contribution < 1.29 is 14.3 Å². The molecule has 6 nitrogen and oxygen atoms in total. The second kappa shape index (κ2) is 8.57. The summed E-state index contributed by atoms with van der Waals surface area (Å²) in [5.74, 6) is 1.05. The van der Waals surface area contributed by atoms with Gasteiger partial charge in [-0.05, 0) is 45.2 Å². The summed E-state index contributed by atoms with van der Waals surface area (Å²) in [7, 11) is 1.65. The van der Waals surface area contributed by atoms with E-state index in [0.717, 1.165) is 64.3 Å². The number of pyridine rings is 1. The van der Waals surface area contributed by atoms with Crippen LogP contribution in [0.3, 0.4) is 0 Å². The first-order chi connectivity index (χ1) is 13.0. The van der Waals surface area contributed by atoms with Crippen LogP contribution in [0.5, 0.6) is 5.88 Å². The SMILES string of the molecule is CCN(CC)C(=O)C1CN(Cc2cnc(OC)c(C)c2)CC12CCOCC2. The fourth-order valence-corrected chi connectivity index (χ4v) is 4.75. The highest BCUT2D eigenvalue weighted by Crippen LogP contribution is 2.45. The van der Waals surface area contributed by atoms with Crippen LogP contribution in [-0.4, -0.2) is 67.2 Å². The zero-order chi connectivity index (χ0) is 19.4. The maximum atomic E-state index is 13.2. The predicted octanol–water partition coefficient (Wildman–Crippen LogP) is 2.50. The summed E-state index contributed by atoms with van der Waals surface area (Å²) in [5, 5.41) is 0. The molecule has 3 rings (SSSR count). The van der Waals surface area contributed by atoms with Crippen molar-refractivity contribution in [2.45, 2.75) is 40.2 Å². The van der Waals surface area contributed by atoms with Crippen molar-refractivity contribution in [3.05, 3.63) is 23.4 Å². The maximum absolute atomic E-state index is 13.2. The first kappa shape index (κ1) is 20.1. The van der Waals surface area contributed by atoms with Crippen molar-refractivity contribution in [1.29, 1.82) is 0 Å². The molecule has 1 amide bonds. The van der Waals surface area contributed by atoms with Crippen LogP contribution in [0.1, 0.15) is 37.8 Å². The molecule has 2 aliphatic heterocycles. The van der Waals surface area contributed by atoms with E-state index in [2.05, 4.69) is 29.8 Å². The summed E-state index contributed by atoms with van der Waals surface area (Å²) >= 11 is 0. The van der Waals surface area contributed by atoms with Crippen LogP contribution in [0, 0.1) is 18.3 Å². The van der Waals surface area contributed by atoms with Crippen LogP contribution in [0.4, 0.5) is 0 Å². The van der Waals surface area contributed by atoms with Crippen molar-refractivity contribution in [3.63, 3.8) is 0 Å². The van der Waals surface area contributed by atoms with Gasteiger partial charge in [0.15, 0.2) is 0 Å². The molecule has 1 aromatic rings. The third-order valence-corrected chi connectivity index (χ3v) is 6.27. The fraction of sp³-hybridized carbons (Fsp3) is 0.714. The molecule has 2 fully saturated rings. The second-order valence-electron chi connectivity index (χ2n) is 7.88. The van der Waals surface area contributed by atoms with Crippen molar-refractivity contribution in [1.82, 2.24) is 14.8 Å². The number of carbonyl (C=O) groups is 1. The quantitative estimate of drug-likeness (QED) is 0.765. The Kier molecular flexibility index (Phi) is 6.37. The van der Waals surface area contributed by atoms with Gasteiger partial charge in [-0.15, -0.1) is 0 Å². The van der Waals surface area contributed by atoms with E-state index in [0.29, 0.717) is 11.8 Å². The third kappa shape index (κ3) is 4.11. The van der Waals surface area contributed by atoms with Crippen LogP contribution in [0.2, 0.25) is 0 Å². The van der Waals surface area contributed by atoms with E-state index in [1.54, 1.807) is 7.11 Å². The van der Waals surface area contributed by atoms with Crippen molar-refractivity contribution >= 4 is 5.91 Å². The van der Waals surface area contributed by atoms with E-state index >= 15 is 0 Å². The average molecular weight is 376 g/mol. The lowest BCUT2D eigenvalue weighted by Crippen LogP contribution is -2.46. The highest BCUT2D eigenvalue weighted by molar-refractivity contribution is 5.80. The molecule has 1 unspecified atom stereocenters. The topological polar surface area (TPSA) is 54.9 Å². The Bertz CT molecular complexity index is 654. The molecule has 6 heteroatoms. The van der Waals surface area contributed by atoms with Gasteiger partial charge >= 0.3 is 0 Å². The molecule has 1 atom stereocenters. The molecule has 1 spiro atoms. The Morgan fingerprint density at radius 3 is 2.67 bits per heavy atom. The smallest absolute Gasteiger partial charge is 0.227 e. The summed E-state index contributed by atoms with van der Waals surface area (Å²) < 4.78 is 10.9. The van der Waals surface area contributed by atoms with Crippen molar-refractivity contribution in [3.8, 4) is 5.88 Å². The number of amides is 1. The van der Waals surface area contributed by atoms with Gasteiger partial charge < -0.3 is 14.4 Å². The number of carbonyl (C=O) groups excluding carboxylic acids is 1. The van der Waals surface area contributed by atoms with E-state index in [1.807, 2.05) is 18.0 Å². The number of likely N-dealkylation sites (tertiary alicyclic amines) is 1. The largest absolute Gasteiger partial charge is 0.481 e. The molecule has 0 bridgehead atoms. The molecule has 0 aliphatic carbocycles. The van der Waals surface area contributed by atoms with E-state index in [4.69, 9.17) is 9.47 Å². The lowest BCUT2D eigenvalue weighted by Gasteiger charge is -2.39. The molecule has 27 heavy (non-hydrogen) atoms. The monoisotopic (exact) mass is 375 g/mol. The maximum Gasteiger partial charge on any atom is 0.227 e. The Balaban J connectivity index is 1.78. The van der Waals surface area contributed by atoms with Gasteiger partial charge in [-0.1, -0.05) is 0 Å². The van der Waals surface area contributed by atoms with Gasteiger partial charge in [-0.2, -0.15) is 0 Å². The van der Waals surface area contributed by atoms with Gasteiger partial charge in [0.05, 0.1) is 13.0 Å². The highest BCUT2D eigenvalue weighted by atomic mass is 16.5. The Morgan fingerprint density at radius 1 is 1.37 bits per heavy atom.